The lowest BCUT2D eigenvalue weighted by Gasteiger charge is -2.19. The van der Waals surface area contributed by atoms with E-state index < -0.39 is 17.4 Å². The number of carboxylic acid groups (broad SMARTS) is 1. The molecular weight excluding hydrogens is 198 g/mol. The zero-order valence-electron chi connectivity index (χ0n) is 9.24. The van der Waals surface area contributed by atoms with Crippen LogP contribution in [-0.2, 0) is 14.4 Å². The predicted octanol–water partition coefficient (Wildman–Crippen LogP) is 0.581. The maximum absolute atomic E-state index is 10.7. The second kappa shape index (κ2) is 5.48. The quantitative estimate of drug-likeness (QED) is 0.635. The van der Waals surface area contributed by atoms with Gasteiger partial charge in [0.1, 0.15) is 12.3 Å². The second-order valence-corrected chi connectivity index (χ2v) is 4.24. The van der Waals surface area contributed by atoms with E-state index in [0.29, 0.717) is 6.42 Å². The van der Waals surface area contributed by atoms with Crippen molar-refractivity contribution in [3.8, 4) is 0 Å². The maximum atomic E-state index is 10.7. The molecule has 0 rings (SSSR count). The summed E-state index contributed by atoms with van der Waals surface area (Å²) in [5.74, 6) is -1.46. The van der Waals surface area contributed by atoms with E-state index in [9.17, 15) is 14.4 Å². The summed E-state index contributed by atoms with van der Waals surface area (Å²) < 4.78 is 0. The van der Waals surface area contributed by atoms with Gasteiger partial charge in [-0.05, 0) is 12.8 Å². The van der Waals surface area contributed by atoms with E-state index in [1.165, 1.54) is 6.92 Å². The van der Waals surface area contributed by atoms with Crippen LogP contribution in [0.5, 0.6) is 0 Å². The predicted molar refractivity (Wildman–Crippen MR) is 54.3 cm³/mol. The fourth-order valence-electron chi connectivity index (χ4n) is 1.08. The van der Waals surface area contributed by atoms with Crippen molar-refractivity contribution in [3.63, 3.8) is 0 Å². The SMILES string of the molecule is CC(=O)NC(CCC(C)(C)C=O)C(=O)O. The lowest BCUT2D eigenvalue weighted by atomic mass is 9.88. The Hall–Kier alpha value is -1.39. The summed E-state index contributed by atoms with van der Waals surface area (Å²) in [6, 6.07) is -0.915. The maximum Gasteiger partial charge on any atom is 0.326 e. The molecule has 86 valence electrons. The summed E-state index contributed by atoms with van der Waals surface area (Å²) in [6.07, 6.45) is 1.47. The first-order valence-electron chi connectivity index (χ1n) is 4.75. The summed E-state index contributed by atoms with van der Waals surface area (Å²) in [7, 11) is 0. The number of nitrogens with one attached hydrogen (secondary N) is 1. The van der Waals surface area contributed by atoms with Crippen LogP contribution in [0.1, 0.15) is 33.6 Å². The molecule has 0 radical (unpaired) electrons. The molecule has 0 aliphatic rings. The molecule has 5 heteroatoms. The molecule has 0 saturated heterocycles. The molecule has 0 aromatic heterocycles. The van der Waals surface area contributed by atoms with E-state index in [2.05, 4.69) is 5.32 Å². The van der Waals surface area contributed by atoms with Crippen molar-refractivity contribution in [1.29, 1.82) is 0 Å². The topological polar surface area (TPSA) is 83.5 Å². The lowest BCUT2D eigenvalue weighted by Crippen LogP contribution is -2.40. The minimum absolute atomic E-state index is 0.251. The Balaban J connectivity index is 4.25. The largest absolute Gasteiger partial charge is 0.480 e. The van der Waals surface area contributed by atoms with Gasteiger partial charge in [-0.3, -0.25) is 4.79 Å². The second-order valence-electron chi connectivity index (χ2n) is 4.24. The third-order valence-electron chi connectivity index (χ3n) is 2.07. The normalized spacial score (nSPS) is 13.0. The summed E-state index contributed by atoms with van der Waals surface area (Å²) in [6.45, 7) is 4.72. The Morgan fingerprint density at radius 1 is 1.47 bits per heavy atom. The van der Waals surface area contributed by atoms with Crippen LogP contribution >= 0.6 is 0 Å². The minimum atomic E-state index is -1.08. The van der Waals surface area contributed by atoms with Gasteiger partial charge >= 0.3 is 5.97 Å². The van der Waals surface area contributed by atoms with Crippen LogP contribution in [0, 0.1) is 5.41 Å². The van der Waals surface area contributed by atoms with Gasteiger partial charge in [0.2, 0.25) is 5.91 Å². The Morgan fingerprint density at radius 3 is 2.33 bits per heavy atom. The first kappa shape index (κ1) is 13.6. The van der Waals surface area contributed by atoms with Crippen LogP contribution < -0.4 is 5.32 Å². The van der Waals surface area contributed by atoms with E-state index in [0.717, 1.165) is 6.29 Å². The van der Waals surface area contributed by atoms with Crippen LogP contribution in [0.25, 0.3) is 0 Å². The molecular formula is C10H17NO4. The summed E-state index contributed by atoms with van der Waals surface area (Å²) >= 11 is 0. The molecule has 0 aliphatic carbocycles. The van der Waals surface area contributed by atoms with Gasteiger partial charge in [0.25, 0.3) is 0 Å². The molecule has 0 aromatic carbocycles. The average molecular weight is 215 g/mol. The van der Waals surface area contributed by atoms with Crippen molar-refractivity contribution in [1.82, 2.24) is 5.32 Å². The van der Waals surface area contributed by atoms with E-state index in [1.807, 2.05) is 0 Å². The summed E-state index contributed by atoms with van der Waals surface area (Å²) in [5, 5.41) is 11.1. The Kier molecular flexibility index (Phi) is 4.97. The Labute approximate surface area is 88.9 Å². The molecule has 0 aromatic rings. The van der Waals surface area contributed by atoms with Crippen molar-refractivity contribution < 1.29 is 19.5 Å². The van der Waals surface area contributed by atoms with Gasteiger partial charge in [0.15, 0.2) is 0 Å². The molecule has 2 N–H and O–H groups in total. The van der Waals surface area contributed by atoms with Gasteiger partial charge < -0.3 is 15.2 Å². The van der Waals surface area contributed by atoms with Gasteiger partial charge in [-0.15, -0.1) is 0 Å². The standard InChI is InChI=1S/C10H17NO4/c1-7(13)11-8(9(14)15)4-5-10(2,3)6-12/h6,8H,4-5H2,1-3H3,(H,11,13)(H,14,15). The number of aliphatic carboxylic acids is 1. The molecule has 1 unspecified atom stereocenters. The van der Waals surface area contributed by atoms with Crippen molar-refractivity contribution >= 4 is 18.2 Å². The van der Waals surface area contributed by atoms with E-state index in [1.54, 1.807) is 13.8 Å². The third kappa shape index (κ3) is 5.83. The van der Waals surface area contributed by atoms with E-state index >= 15 is 0 Å². The van der Waals surface area contributed by atoms with Gasteiger partial charge in [-0.1, -0.05) is 13.8 Å². The molecule has 0 aliphatic heterocycles. The van der Waals surface area contributed by atoms with Crippen LogP contribution in [0.3, 0.4) is 0 Å². The van der Waals surface area contributed by atoms with Crippen LogP contribution in [0.2, 0.25) is 0 Å². The number of hydrogen-bond donors (Lipinski definition) is 2. The molecule has 0 heterocycles. The number of hydrogen-bond acceptors (Lipinski definition) is 3. The van der Waals surface area contributed by atoms with Crippen LogP contribution in [0.4, 0.5) is 0 Å². The van der Waals surface area contributed by atoms with Crippen molar-refractivity contribution in [2.45, 2.75) is 39.7 Å². The number of rotatable bonds is 6. The molecule has 1 amide bonds. The molecule has 1 atom stereocenters. The van der Waals surface area contributed by atoms with Gasteiger partial charge in [-0.25, -0.2) is 4.79 Å². The number of aldehydes is 1. The number of amides is 1. The molecule has 0 spiro atoms. The summed E-state index contributed by atoms with van der Waals surface area (Å²) in [4.78, 5) is 32.0. The first-order valence-corrected chi connectivity index (χ1v) is 4.75. The zero-order valence-corrected chi connectivity index (χ0v) is 9.24. The Morgan fingerprint density at radius 2 is 2.00 bits per heavy atom. The smallest absolute Gasteiger partial charge is 0.326 e. The highest BCUT2D eigenvalue weighted by atomic mass is 16.4. The highest BCUT2D eigenvalue weighted by Crippen LogP contribution is 2.20. The molecule has 15 heavy (non-hydrogen) atoms. The highest BCUT2D eigenvalue weighted by molar-refractivity contribution is 5.82. The van der Waals surface area contributed by atoms with Crippen molar-refractivity contribution in [2.75, 3.05) is 0 Å². The Bertz CT molecular complexity index is 260. The number of carbonyl (C=O) groups excluding carboxylic acids is 2. The highest BCUT2D eigenvalue weighted by Gasteiger charge is 2.23. The van der Waals surface area contributed by atoms with Gasteiger partial charge in [0.05, 0.1) is 0 Å². The van der Waals surface area contributed by atoms with Gasteiger partial charge in [0, 0.05) is 12.3 Å². The van der Waals surface area contributed by atoms with Gasteiger partial charge in [-0.2, -0.15) is 0 Å². The first-order chi connectivity index (χ1) is 6.78. The fraction of sp³-hybridized carbons (Fsp3) is 0.700. The zero-order chi connectivity index (χ0) is 12.1. The molecule has 0 fully saturated rings. The van der Waals surface area contributed by atoms with E-state index in [4.69, 9.17) is 5.11 Å². The van der Waals surface area contributed by atoms with Crippen LogP contribution in [-0.4, -0.2) is 29.3 Å². The molecule has 5 nitrogen and oxygen atoms in total. The fourth-order valence-corrected chi connectivity index (χ4v) is 1.08. The molecule has 0 saturated carbocycles. The number of carboxylic acids is 1. The van der Waals surface area contributed by atoms with Crippen molar-refractivity contribution in [3.05, 3.63) is 0 Å². The lowest BCUT2D eigenvalue weighted by molar-refractivity contribution is -0.142. The summed E-state index contributed by atoms with van der Waals surface area (Å²) in [5.41, 5.74) is -0.549. The number of carbonyl (C=O) groups is 3. The van der Waals surface area contributed by atoms with Crippen molar-refractivity contribution in [2.24, 2.45) is 5.41 Å². The third-order valence-corrected chi connectivity index (χ3v) is 2.07. The average Bonchev–Trinajstić information content (AvgIpc) is 2.11. The minimum Gasteiger partial charge on any atom is -0.480 e. The monoisotopic (exact) mass is 215 g/mol. The van der Waals surface area contributed by atoms with E-state index in [-0.39, 0.29) is 12.3 Å². The molecule has 0 bridgehead atoms. The van der Waals surface area contributed by atoms with Crippen LogP contribution in [0.15, 0.2) is 0 Å².